The average Bonchev–Trinajstić information content (AvgIpc) is 3.25. The van der Waals surface area contributed by atoms with E-state index in [1.807, 2.05) is 36.6 Å². The highest BCUT2D eigenvalue weighted by molar-refractivity contribution is 7.98. The van der Waals surface area contributed by atoms with Crippen molar-refractivity contribution >= 4 is 40.3 Å². The molecule has 0 N–H and O–H groups in total. The molecule has 2 nitrogen and oxygen atoms in total. The molecule has 0 bridgehead atoms. The number of hydrogen-bond acceptors (Lipinski definition) is 3. The van der Waals surface area contributed by atoms with Crippen LogP contribution in [0.4, 0.5) is 0 Å². The second kappa shape index (κ2) is 9.30. The Labute approximate surface area is 182 Å². The number of thiazole rings is 1. The quantitative estimate of drug-likeness (QED) is 0.286. The molecule has 0 unspecified atom stereocenters. The number of aromatic nitrogens is 1. The van der Waals surface area contributed by atoms with Gasteiger partial charge in [0.25, 0.3) is 0 Å². The lowest BCUT2D eigenvalue weighted by molar-refractivity contribution is 0.0995. The van der Waals surface area contributed by atoms with Crippen LogP contribution in [0, 0.1) is 6.92 Å². The van der Waals surface area contributed by atoms with Crippen molar-refractivity contribution in [2.24, 2.45) is 0 Å². The van der Waals surface area contributed by atoms with E-state index in [0.717, 1.165) is 5.69 Å². The van der Waals surface area contributed by atoms with E-state index in [1.165, 1.54) is 27.3 Å². The summed E-state index contributed by atoms with van der Waals surface area (Å²) in [6.45, 7) is 1.92. The summed E-state index contributed by atoms with van der Waals surface area (Å²) >= 11 is 1.42. The van der Waals surface area contributed by atoms with Crippen LogP contribution in [0.2, 0.25) is 0 Å². The highest BCUT2D eigenvalue weighted by Crippen LogP contribution is 2.56. The fraction of sp³-hybridized carbons (Fsp3) is 0.0769. The van der Waals surface area contributed by atoms with Gasteiger partial charge in [-0.1, -0.05) is 54.6 Å². The fourth-order valence-electron chi connectivity index (χ4n) is 3.58. The number of benzene rings is 3. The van der Waals surface area contributed by atoms with Crippen LogP contribution in [-0.2, 0) is 0 Å². The van der Waals surface area contributed by atoms with Crippen molar-refractivity contribution in [1.29, 1.82) is 0 Å². The molecule has 0 spiro atoms. The van der Waals surface area contributed by atoms with Gasteiger partial charge in [-0.05, 0) is 49.4 Å². The summed E-state index contributed by atoms with van der Waals surface area (Å²) in [7, 11) is -2.05. The molecule has 1 aromatic heterocycles. The third-order valence-electron chi connectivity index (χ3n) is 4.98. The van der Waals surface area contributed by atoms with Gasteiger partial charge in [-0.2, -0.15) is 0 Å². The summed E-state index contributed by atoms with van der Waals surface area (Å²) in [5, 5.41) is 6.33. The van der Waals surface area contributed by atoms with Gasteiger partial charge in [0.2, 0.25) is 0 Å². The van der Waals surface area contributed by atoms with Crippen molar-refractivity contribution in [3.63, 3.8) is 0 Å². The Morgan fingerprint density at radius 1 is 0.833 bits per heavy atom. The van der Waals surface area contributed by atoms with E-state index in [9.17, 15) is 4.79 Å². The van der Waals surface area contributed by atoms with Crippen molar-refractivity contribution in [2.45, 2.75) is 13.3 Å². The summed E-state index contributed by atoms with van der Waals surface area (Å²) in [5.41, 5.74) is 0.895. The molecule has 0 radical (unpaired) electrons. The number of rotatable bonds is 7. The number of carbonyl (C=O) groups is 1. The molecule has 0 aliphatic carbocycles. The molecule has 0 aliphatic rings. The van der Waals surface area contributed by atoms with Crippen LogP contribution >= 0.6 is 18.6 Å². The van der Waals surface area contributed by atoms with Crippen LogP contribution in [-0.4, -0.2) is 10.8 Å². The number of ketones is 1. The molecule has 0 fully saturated rings. The first-order valence-electron chi connectivity index (χ1n) is 9.89. The van der Waals surface area contributed by atoms with Crippen LogP contribution in [0.1, 0.15) is 21.9 Å². The third-order valence-corrected chi connectivity index (χ3v) is 9.98. The summed E-state index contributed by atoms with van der Waals surface area (Å²) in [5.74, 6) is 2.35. The Balaban J connectivity index is 1.81. The third kappa shape index (κ3) is 4.18. The van der Waals surface area contributed by atoms with E-state index < -0.39 is 7.26 Å². The number of aryl methyl sites for hydroxylation is 1. The maximum atomic E-state index is 12.7. The van der Waals surface area contributed by atoms with E-state index in [-0.39, 0.29) is 5.78 Å². The standard InChI is InChI=1S/C26H23NOPS/c1-21-20-30-26(27-21)25(28)18-11-19-29(22-12-5-2-6-13-22,23-14-7-3-8-15-23)24-16-9-4-10-17-24/h2-17,19-20H,18H2,1H3/q+1. The van der Waals surface area contributed by atoms with Gasteiger partial charge in [-0.25, -0.2) is 4.98 Å². The normalized spacial score (nSPS) is 11.6. The van der Waals surface area contributed by atoms with Crippen LogP contribution < -0.4 is 15.9 Å². The Kier molecular flexibility index (Phi) is 6.32. The molecule has 3 aromatic carbocycles. The molecule has 4 rings (SSSR count). The molecule has 0 amide bonds. The Morgan fingerprint density at radius 3 is 1.70 bits per heavy atom. The lowest BCUT2D eigenvalue weighted by Crippen LogP contribution is -2.29. The van der Waals surface area contributed by atoms with Gasteiger partial charge in [0.15, 0.2) is 10.8 Å². The molecule has 148 valence electrons. The van der Waals surface area contributed by atoms with Crippen molar-refractivity contribution in [3.8, 4) is 0 Å². The molecular formula is C26H23NOPS+. The topological polar surface area (TPSA) is 30.0 Å². The fourth-order valence-corrected chi connectivity index (χ4v) is 8.09. The van der Waals surface area contributed by atoms with E-state index >= 15 is 0 Å². The largest absolute Gasteiger partial charge is 0.291 e. The molecule has 4 heteroatoms. The molecule has 0 saturated carbocycles. The van der Waals surface area contributed by atoms with E-state index in [0.29, 0.717) is 11.4 Å². The van der Waals surface area contributed by atoms with Gasteiger partial charge < -0.3 is 0 Å². The average molecular weight is 429 g/mol. The molecule has 0 atom stereocenters. The molecule has 1 heterocycles. The van der Waals surface area contributed by atoms with Gasteiger partial charge >= 0.3 is 0 Å². The van der Waals surface area contributed by atoms with Crippen molar-refractivity contribution in [1.82, 2.24) is 4.98 Å². The van der Waals surface area contributed by atoms with Crippen LogP contribution in [0.5, 0.6) is 0 Å². The molecule has 30 heavy (non-hydrogen) atoms. The first-order chi connectivity index (χ1) is 14.7. The maximum absolute atomic E-state index is 12.7. The van der Waals surface area contributed by atoms with Gasteiger partial charge in [0.05, 0.1) is 5.82 Å². The van der Waals surface area contributed by atoms with E-state index in [1.54, 1.807) is 0 Å². The first kappa shape index (κ1) is 20.4. The number of carbonyl (C=O) groups excluding carboxylic acids is 1. The van der Waals surface area contributed by atoms with Crippen molar-refractivity contribution in [3.05, 3.63) is 119 Å². The SMILES string of the molecule is Cc1csc(C(=O)CC=C[P+](c2ccccc2)(c2ccccc2)c2ccccc2)n1. The highest BCUT2D eigenvalue weighted by atomic mass is 32.1. The van der Waals surface area contributed by atoms with E-state index in [2.05, 4.69) is 83.6 Å². The first-order valence-corrected chi connectivity index (χ1v) is 12.6. The highest BCUT2D eigenvalue weighted by Gasteiger charge is 2.43. The van der Waals surface area contributed by atoms with Crippen LogP contribution in [0.15, 0.2) is 108 Å². The summed E-state index contributed by atoms with van der Waals surface area (Å²) < 4.78 is 0. The summed E-state index contributed by atoms with van der Waals surface area (Å²) in [4.78, 5) is 17.0. The van der Waals surface area contributed by atoms with Gasteiger partial charge in [0.1, 0.15) is 23.2 Å². The van der Waals surface area contributed by atoms with Gasteiger partial charge in [-0.3, -0.25) is 4.79 Å². The van der Waals surface area contributed by atoms with Crippen molar-refractivity contribution < 1.29 is 4.79 Å². The summed E-state index contributed by atoms with van der Waals surface area (Å²) in [6, 6.07) is 31.9. The van der Waals surface area contributed by atoms with Crippen LogP contribution in [0.25, 0.3) is 0 Å². The number of allylic oxidation sites excluding steroid dienone is 1. The molecular weight excluding hydrogens is 405 g/mol. The summed E-state index contributed by atoms with van der Waals surface area (Å²) in [6.07, 6.45) is 2.39. The van der Waals surface area contributed by atoms with Gasteiger partial charge in [0, 0.05) is 17.5 Å². The predicted molar refractivity (Wildman–Crippen MR) is 130 cm³/mol. The van der Waals surface area contributed by atoms with Gasteiger partial charge in [-0.15, -0.1) is 11.3 Å². The predicted octanol–water partition coefficient (Wildman–Crippen LogP) is 5.53. The number of nitrogens with zero attached hydrogens (tertiary/aromatic N) is 1. The Morgan fingerprint density at radius 2 is 1.30 bits per heavy atom. The Bertz CT molecular complexity index is 1040. The van der Waals surface area contributed by atoms with Crippen LogP contribution in [0.3, 0.4) is 0 Å². The molecule has 0 saturated heterocycles. The zero-order valence-corrected chi connectivity index (χ0v) is 18.5. The maximum Gasteiger partial charge on any atom is 0.195 e. The lowest BCUT2D eigenvalue weighted by atomic mass is 10.3. The minimum absolute atomic E-state index is 0.0663. The smallest absolute Gasteiger partial charge is 0.195 e. The number of Topliss-reactive ketones (excluding diaryl/α,β-unsaturated/α-hetero) is 1. The molecule has 4 aromatic rings. The lowest BCUT2D eigenvalue weighted by Gasteiger charge is -2.24. The minimum Gasteiger partial charge on any atom is -0.291 e. The molecule has 0 aliphatic heterocycles. The zero-order valence-electron chi connectivity index (χ0n) is 16.8. The second-order valence-corrected chi connectivity index (χ2v) is 11.2. The van der Waals surface area contributed by atoms with Crippen molar-refractivity contribution in [2.75, 3.05) is 0 Å². The monoisotopic (exact) mass is 428 g/mol. The minimum atomic E-state index is -2.05. The number of hydrogen-bond donors (Lipinski definition) is 0. The van der Waals surface area contributed by atoms with E-state index in [4.69, 9.17) is 0 Å². The zero-order chi connectivity index (χ0) is 20.8. The second-order valence-electron chi connectivity index (χ2n) is 7.04. The Hall–Kier alpha value is -2.87.